The zero-order chi connectivity index (χ0) is 36.7. The highest BCUT2D eigenvalue weighted by Gasteiger charge is 2.67. The Bertz CT molecular complexity index is 1570. The van der Waals surface area contributed by atoms with E-state index >= 15 is 0 Å². The van der Waals surface area contributed by atoms with E-state index < -0.39 is 17.1 Å². The second kappa shape index (κ2) is 14.9. The molecule has 3 fully saturated rings. The van der Waals surface area contributed by atoms with Crippen LogP contribution in [0.2, 0.25) is 0 Å². The molecular weight excluding hydrogens is 642 g/mol. The summed E-state index contributed by atoms with van der Waals surface area (Å²) < 4.78 is 6.09. The van der Waals surface area contributed by atoms with Crippen molar-refractivity contribution in [3.05, 3.63) is 52.6 Å². The molecule has 2 saturated carbocycles. The molecule has 278 valence electrons. The Morgan fingerprint density at radius 2 is 1.65 bits per heavy atom. The Balaban J connectivity index is 1.13. The summed E-state index contributed by atoms with van der Waals surface area (Å²) in [6, 6.07) is 9.03. The summed E-state index contributed by atoms with van der Waals surface area (Å²) >= 11 is 0. The monoisotopic (exact) mass is 701 g/mol. The lowest BCUT2D eigenvalue weighted by Crippen LogP contribution is -2.58. The van der Waals surface area contributed by atoms with Gasteiger partial charge < -0.3 is 19.6 Å². The lowest BCUT2D eigenvalue weighted by molar-refractivity contribution is -0.182. The summed E-state index contributed by atoms with van der Waals surface area (Å²) in [6.45, 7) is 12.8. The van der Waals surface area contributed by atoms with Gasteiger partial charge in [0, 0.05) is 69.1 Å². The number of allylic oxidation sites excluding steroid dienone is 4. The average Bonchev–Trinajstić information content (AvgIpc) is 3.37. The minimum atomic E-state index is -1.11. The summed E-state index contributed by atoms with van der Waals surface area (Å²) in [5, 5.41) is 9.49. The molecule has 1 amide bonds. The van der Waals surface area contributed by atoms with Crippen LogP contribution in [0.1, 0.15) is 117 Å². The van der Waals surface area contributed by atoms with E-state index in [1.807, 2.05) is 19.9 Å². The van der Waals surface area contributed by atoms with Gasteiger partial charge in [0.15, 0.2) is 17.2 Å². The topological polar surface area (TPSA) is 107 Å². The smallest absolute Gasteiger partial charge is 0.407 e. The summed E-state index contributed by atoms with van der Waals surface area (Å²) in [7, 11) is 2.16. The lowest BCUT2D eigenvalue weighted by Gasteiger charge is -2.55. The van der Waals surface area contributed by atoms with Gasteiger partial charge in [-0.1, -0.05) is 37.5 Å². The highest BCUT2D eigenvalue weighted by atomic mass is 16.6. The third kappa shape index (κ3) is 7.04. The van der Waals surface area contributed by atoms with Gasteiger partial charge in [0.25, 0.3) is 0 Å². The molecule has 0 spiro atoms. The number of anilines is 1. The Hall–Kier alpha value is -3.46. The van der Waals surface area contributed by atoms with Gasteiger partial charge in [-0.05, 0) is 125 Å². The fourth-order valence-electron chi connectivity index (χ4n) is 11.1. The van der Waals surface area contributed by atoms with E-state index in [9.17, 15) is 24.3 Å². The minimum absolute atomic E-state index is 0.0237. The van der Waals surface area contributed by atoms with Gasteiger partial charge in [-0.25, -0.2) is 4.79 Å². The Morgan fingerprint density at radius 1 is 0.961 bits per heavy atom. The van der Waals surface area contributed by atoms with Crippen molar-refractivity contribution in [1.82, 2.24) is 9.80 Å². The molecule has 9 nitrogen and oxygen atoms in total. The summed E-state index contributed by atoms with van der Waals surface area (Å²) in [5.74, 6) is 0.432. The first-order chi connectivity index (χ1) is 24.3. The van der Waals surface area contributed by atoms with E-state index in [0.717, 1.165) is 84.0 Å². The molecule has 1 aliphatic heterocycles. The van der Waals surface area contributed by atoms with Crippen molar-refractivity contribution in [2.45, 2.75) is 129 Å². The maximum Gasteiger partial charge on any atom is 0.407 e. The highest BCUT2D eigenvalue weighted by Crippen LogP contribution is 2.67. The Labute approximate surface area is 304 Å². The first kappa shape index (κ1) is 37.3. The molecule has 0 unspecified atom stereocenters. The number of carboxylic acid groups (broad SMARTS) is 1. The number of hydrogen-bond acceptors (Lipinski definition) is 7. The molecule has 4 aliphatic carbocycles. The van der Waals surface area contributed by atoms with Crippen molar-refractivity contribution < 1.29 is 29.0 Å². The third-order valence-corrected chi connectivity index (χ3v) is 13.4. The van der Waals surface area contributed by atoms with Gasteiger partial charge >= 0.3 is 12.1 Å². The second-order valence-corrected chi connectivity index (χ2v) is 16.6. The predicted molar refractivity (Wildman–Crippen MR) is 199 cm³/mol. The van der Waals surface area contributed by atoms with Crippen LogP contribution < -0.4 is 4.90 Å². The van der Waals surface area contributed by atoms with E-state index in [0.29, 0.717) is 18.8 Å². The molecule has 1 heterocycles. The second-order valence-electron chi connectivity index (χ2n) is 16.6. The molecular formula is C42H59N3O6. The van der Waals surface area contributed by atoms with Crippen molar-refractivity contribution >= 4 is 29.3 Å². The SMILES string of the molecule is CC(=O)O[C@]1(C(C)=O)CC[C@H]2[C@@H]3CCC4=CC(=O)CCC4=C3[C@@H](c3ccc(N(C)CCCCCCN4C[C@@H](C)N(C(=O)O)[C@H](C)C4)cc3)C[C@@]21C. The number of Topliss-reactive ketones (excluding diaryl/α,β-unsaturated/α-hetero) is 1. The van der Waals surface area contributed by atoms with Crippen LogP contribution in [-0.2, 0) is 19.1 Å². The van der Waals surface area contributed by atoms with E-state index in [-0.39, 0.29) is 41.5 Å². The summed E-state index contributed by atoms with van der Waals surface area (Å²) in [6.07, 6.45) is 11.0. The van der Waals surface area contributed by atoms with Gasteiger partial charge in [0.1, 0.15) is 0 Å². The van der Waals surface area contributed by atoms with Crippen molar-refractivity contribution in [2.24, 2.45) is 17.3 Å². The quantitative estimate of drug-likeness (QED) is 0.186. The van der Waals surface area contributed by atoms with E-state index in [4.69, 9.17) is 4.74 Å². The van der Waals surface area contributed by atoms with E-state index in [1.54, 1.807) is 11.8 Å². The van der Waals surface area contributed by atoms with Crippen LogP contribution in [0, 0.1) is 17.3 Å². The van der Waals surface area contributed by atoms with Crippen LogP contribution in [0.25, 0.3) is 0 Å². The van der Waals surface area contributed by atoms with Crippen LogP contribution in [0.15, 0.2) is 47.1 Å². The van der Waals surface area contributed by atoms with Crippen LogP contribution in [0.3, 0.4) is 0 Å². The summed E-state index contributed by atoms with van der Waals surface area (Å²) in [4.78, 5) is 56.3. The van der Waals surface area contributed by atoms with Crippen LogP contribution in [0.4, 0.5) is 10.5 Å². The number of nitrogens with zero attached hydrogens (tertiary/aromatic N) is 3. The molecule has 1 aromatic rings. The van der Waals surface area contributed by atoms with Crippen LogP contribution in [0.5, 0.6) is 0 Å². The zero-order valence-corrected chi connectivity index (χ0v) is 31.7. The lowest BCUT2D eigenvalue weighted by atomic mass is 9.50. The number of esters is 1. The zero-order valence-electron chi connectivity index (χ0n) is 31.7. The summed E-state index contributed by atoms with van der Waals surface area (Å²) in [5.41, 5.74) is 4.88. The fourth-order valence-corrected chi connectivity index (χ4v) is 11.1. The standard InChI is InChI=1S/C42H59N3O6/c1-27-25-44(26-28(2)45(27)40(49)50)22-10-8-7-9-21-43(6)33-14-11-31(12-15-33)37-24-41(5)38(19-20-42(41,29(3)46)51-30(4)47)36-17-13-32-23-34(48)16-18-35(32)39(36)37/h11-12,14-15,23,27-28,36-38H,7-10,13,16-22,24-26H2,1-6H3,(H,49,50)/t27-,28-,36+,37-,38+,41+,42+/m1/s1. The van der Waals surface area contributed by atoms with E-state index in [1.165, 1.54) is 34.9 Å². The number of benzene rings is 1. The molecule has 1 N–H and O–H groups in total. The average molecular weight is 702 g/mol. The number of rotatable bonds is 11. The molecule has 0 bridgehead atoms. The maximum absolute atomic E-state index is 13.5. The van der Waals surface area contributed by atoms with Crippen molar-refractivity contribution in [2.75, 3.05) is 38.1 Å². The first-order valence-electron chi connectivity index (χ1n) is 19.5. The predicted octanol–water partition coefficient (Wildman–Crippen LogP) is 7.55. The minimum Gasteiger partial charge on any atom is -0.465 e. The molecule has 5 aliphatic rings. The molecule has 9 heteroatoms. The van der Waals surface area contributed by atoms with Gasteiger partial charge in [-0.3, -0.25) is 19.3 Å². The number of unbranched alkanes of at least 4 members (excludes halogenated alkanes) is 3. The number of piperazine rings is 1. The largest absolute Gasteiger partial charge is 0.465 e. The third-order valence-electron chi connectivity index (χ3n) is 13.4. The normalized spacial score (nSPS) is 32.1. The number of carbonyl (C=O) groups is 4. The molecule has 1 aromatic carbocycles. The van der Waals surface area contributed by atoms with Crippen LogP contribution >= 0.6 is 0 Å². The van der Waals surface area contributed by atoms with Gasteiger partial charge in [0.2, 0.25) is 0 Å². The van der Waals surface area contributed by atoms with E-state index in [2.05, 4.69) is 48.0 Å². The number of amides is 1. The number of hydrogen-bond donors (Lipinski definition) is 1. The van der Waals surface area contributed by atoms with Gasteiger partial charge in [0.05, 0.1) is 0 Å². The molecule has 6 rings (SSSR count). The molecule has 0 radical (unpaired) electrons. The maximum atomic E-state index is 13.5. The van der Waals surface area contributed by atoms with Gasteiger partial charge in [-0.15, -0.1) is 0 Å². The molecule has 7 atom stereocenters. The van der Waals surface area contributed by atoms with Crippen LogP contribution in [-0.4, -0.2) is 89.4 Å². The van der Waals surface area contributed by atoms with Gasteiger partial charge in [-0.2, -0.15) is 0 Å². The number of carbonyl (C=O) groups excluding carboxylic acids is 3. The number of ketones is 2. The molecule has 0 aromatic heterocycles. The Kier molecular flexibility index (Phi) is 10.9. The number of fused-ring (bicyclic) bond motifs is 4. The van der Waals surface area contributed by atoms with Crippen molar-refractivity contribution in [1.29, 1.82) is 0 Å². The number of ether oxygens (including phenoxy) is 1. The molecule has 51 heavy (non-hydrogen) atoms. The molecule has 1 saturated heterocycles. The van der Waals surface area contributed by atoms with Crippen molar-refractivity contribution in [3.8, 4) is 0 Å². The van der Waals surface area contributed by atoms with Crippen molar-refractivity contribution in [3.63, 3.8) is 0 Å². The highest BCUT2D eigenvalue weighted by molar-refractivity contribution is 5.93. The fraction of sp³-hybridized carbons (Fsp3) is 0.667. The first-order valence-corrected chi connectivity index (χ1v) is 19.5. The Morgan fingerprint density at radius 3 is 2.29 bits per heavy atom.